The number of piperazine rings is 1. The van der Waals surface area contributed by atoms with Gasteiger partial charge in [0.25, 0.3) is 5.56 Å². The Hall–Kier alpha value is -3.19. The van der Waals surface area contributed by atoms with Gasteiger partial charge in [-0.15, -0.1) is 0 Å². The third-order valence-corrected chi connectivity index (χ3v) is 5.36. The Balaban J connectivity index is 1.34. The van der Waals surface area contributed by atoms with Crippen molar-refractivity contribution in [2.75, 3.05) is 31.1 Å². The molecule has 0 amide bonds. The Bertz CT molecular complexity index is 1190. The van der Waals surface area contributed by atoms with Crippen LogP contribution in [0.3, 0.4) is 0 Å². The molecule has 7 heteroatoms. The molecule has 1 aliphatic heterocycles. The summed E-state index contributed by atoms with van der Waals surface area (Å²) < 4.78 is 18.8. The van der Waals surface area contributed by atoms with E-state index < -0.39 is 0 Å². The molecule has 1 fully saturated rings. The lowest BCUT2D eigenvalue weighted by Crippen LogP contribution is -3.13. The predicted octanol–water partition coefficient (Wildman–Crippen LogP) is 1.71. The van der Waals surface area contributed by atoms with Crippen LogP contribution in [0.2, 0.25) is 0 Å². The number of para-hydroxylation sites is 1. The lowest BCUT2D eigenvalue weighted by Gasteiger charge is -2.33. The van der Waals surface area contributed by atoms with Crippen LogP contribution in [0.25, 0.3) is 22.1 Å². The normalized spacial score (nSPS) is 15.5. The summed E-state index contributed by atoms with van der Waals surface area (Å²) in [6.45, 7) is 4.25. The minimum absolute atomic E-state index is 0.217. The SMILES string of the molecule is O=c1[nH]c(C[NH+]2CCN(c3ccc(F)cc3)CC2)nc2c1oc1ccccc12. The number of furan rings is 1. The van der Waals surface area contributed by atoms with E-state index in [4.69, 9.17) is 4.42 Å². The second kappa shape index (κ2) is 6.76. The number of hydrogen-bond acceptors (Lipinski definition) is 4. The highest BCUT2D eigenvalue weighted by molar-refractivity contribution is 6.01. The van der Waals surface area contributed by atoms with Gasteiger partial charge in [0, 0.05) is 11.1 Å². The lowest BCUT2D eigenvalue weighted by atomic mass is 10.2. The van der Waals surface area contributed by atoms with E-state index in [0.717, 1.165) is 37.3 Å². The molecule has 0 bridgehead atoms. The van der Waals surface area contributed by atoms with Gasteiger partial charge in [-0.2, -0.15) is 0 Å². The minimum Gasteiger partial charge on any atom is -0.449 e. The van der Waals surface area contributed by atoms with Crippen LogP contribution >= 0.6 is 0 Å². The Kier molecular flexibility index (Phi) is 4.09. The molecule has 2 aromatic heterocycles. The van der Waals surface area contributed by atoms with Gasteiger partial charge in [0.15, 0.2) is 5.82 Å². The van der Waals surface area contributed by atoms with E-state index in [1.165, 1.54) is 17.0 Å². The molecule has 1 aliphatic rings. The summed E-state index contributed by atoms with van der Waals surface area (Å²) in [7, 11) is 0. The number of aromatic nitrogens is 2. The molecule has 142 valence electrons. The predicted molar refractivity (Wildman–Crippen MR) is 105 cm³/mol. The van der Waals surface area contributed by atoms with Crippen molar-refractivity contribution in [3.63, 3.8) is 0 Å². The van der Waals surface area contributed by atoms with Crippen LogP contribution in [-0.4, -0.2) is 36.1 Å². The molecule has 2 aromatic carbocycles. The number of fused-ring (bicyclic) bond motifs is 3. The first kappa shape index (κ1) is 16.9. The summed E-state index contributed by atoms with van der Waals surface area (Å²) in [6, 6.07) is 14.2. The number of hydrogen-bond donors (Lipinski definition) is 2. The van der Waals surface area contributed by atoms with E-state index in [1.807, 2.05) is 36.4 Å². The van der Waals surface area contributed by atoms with Crippen LogP contribution in [0.1, 0.15) is 5.82 Å². The first-order valence-corrected chi connectivity index (χ1v) is 9.42. The van der Waals surface area contributed by atoms with Crippen molar-refractivity contribution in [1.82, 2.24) is 9.97 Å². The molecule has 5 rings (SSSR count). The van der Waals surface area contributed by atoms with Crippen molar-refractivity contribution in [2.45, 2.75) is 6.54 Å². The van der Waals surface area contributed by atoms with E-state index in [1.54, 1.807) is 0 Å². The molecule has 28 heavy (non-hydrogen) atoms. The number of H-pyrrole nitrogens is 1. The number of nitrogens with zero attached hydrogens (tertiary/aromatic N) is 2. The van der Waals surface area contributed by atoms with Crippen molar-refractivity contribution in [1.29, 1.82) is 0 Å². The fourth-order valence-electron chi connectivity index (χ4n) is 3.88. The first-order chi connectivity index (χ1) is 13.7. The zero-order valence-corrected chi connectivity index (χ0v) is 15.2. The summed E-state index contributed by atoms with van der Waals surface area (Å²) in [5, 5.41) is 0.862. The summed E-state index contributed by atoms with van der Waals surface area (Å²) in [5.74, 6) is 0.458. The third kappa shape index (κ3) is 3.03. The fraction of sp³-hybridized carbons (Fsp3) is 0.238. The van der Waals surface area contributed by atoms with Gasteiger partial charge in [-0.25, -0.2) is 9.37 Å². The molecule has 3 heterocycles. The van der Waals surface area contributed by atoms with Gasteiger partial charge in [0.05, 0.1) is 26.2 Å². The van der Waals surface area contributed by atoms with Crippen LogP contribution < -0.4 is 15.4 Å². The fourth-order valence-corrected chi connectivity index (χ4v) is 3.88. The van der Waals surface area contributed by atoms with Gasteiger partial charge in [-0.05, 0) is 36.4 Å². The summed E-state index contributed by atoms with van der Waals surface area (Å²) >= 11 is 0. The van der Waals surface area contributed by atoms with Gasteiger partial charge in [-0.1, -0.05) is 12.1 Å². The first-order valence-electron chi connectivity index (χ1n) is 9.42. The quantitative estimate of drug-likeness (QED) is 0.569. The van der Waals surface area contributed by atoms with Gasteiger partial charge in [0.2, 0.25) is 5.58 Å². The zero-order chi connectivity index (χ0) is 19.1. The molecular weight excluding hydrogens is 359 g/mol. The second-order valence-electron chi connectivity index (χ2n) is 7.18. The minimum atomic E-state index is -0.236. The number of rotatable bonds is 3. The molecular formula is C21H20FN4O2+. The molecule has 0 aliphatic carbocycles. The van der Waals surface area contributed by atoms with Gasteiger partial charge in [-0.3, -0.25) is 4.79 Å². The topological polar surface area (TPSA) is 66.6 Å². The molecule has 0 atom stereocenters. The highest BCUT2D eigenvalue weighted by atomic mass is 19.1. The Labute approximate surface area is 160 Å². The average molecular weight is 379 g/mol. The summed E-state index contributed by atoms with van der Waals surface area (Å²) in [4.78, 5) is 23.6. The second-order valence-corrected chi connectivity index (χ2v) is 7.18. The number of benzene rings is 2. The summed E-state index contributed by atoms with van der Waals surface area (Å²) in [6.07, 6.45) is 0. The van der Waals surface area contributed by atoms with E-state index in [-0.39, 0.29) is 17.0 Å². The van der Waals surface area contributed by atoms with E-state index in [0.29, 0.717) is 23.5 Å². The molecule has 0 radical (unpaired) electrons. The van der Waals surface area contributed by atoms with E-state index in [9.17, 15) is 9.18 Å². The standard InChI is InChI=1S/C21H19FN4O2/c22-14-5-7-15(8-6-14)26-11-9-25(10-12-26)13-18-23-19-16-3-1-2-4-17(16)28-20(19)21(27)24-18/h1-8H,9-13H2,(H,23,24,27)/p+1. The number of nitrogens with one attached hydrogen (secondary N) is 2. The van der Waals surface area contributed by atoms with Crippen molar-refractivity contribution < 1.29 is 13.7 Å². The lowest BCUT2D eigenvalue weighted by molar-refractivity contribution is -0.915. The number of anilines is 1. The van der Waals surface area contributed by atoms with Gasteiger partial charge < -0.3 is 19.2 Å². The molecule has 6 nitrogen and oxygen atoms in total. The van der Waals surface area contributed by atoms with Crippen molar-refractivity contribution in [3.8, 4) is 0 Å². The monoisotopic (exact) mass is 379 g/mol. The highest BCUT2D eigenvalue weighted by Crippen LogP contribution is 2.24. The maximum Gasteiger partial charge on any atom is 0.294 e. The van der Waals surface area contributed by atoms with Gasteiger partial charge in [0.1, 0.15) is 23.5 Å². The van der Waals surface area contributed by atoms with Crippen LogP contribution in [0.5, 0.6) is 0 Å². The van der Waals surface area contributed by atoms with E-state index >= 15 is 0 Å². The Morgan fingerprint density at radius 2 is 1.86 bits per heavy atom. The Morgan fingerprint density at radius 1 is 1.11 bits per heavy atom. The number of halogens is 1. The average Bonchev–Trinajstić information content (AvgIpc) is 3.09. The molecule has 0 saturated carbocycles. The molecule has 0 unspecified atom stereocenters. The third-order valence-electron chi connectivity index (χ3n) is 5.36. The Morgan fingerprint density at radius 3 is 2.64 bits per heavy atom. The smallest absolute Gasteiger partial charge is 0.294 e. The largest absolute Gasteiger partial charge is 0.449 e. The van der Waals surface area contributed by atoms with Crippen LogP contribution in [0.15, 0.2) is 57.7 Å². The summed E-state index contributed by atoms with van der Waals surface area (Å²) in [5.41, 5.74) is 2.38. The van der Waals surface area contributed by atoms with Crippen LogP contribution in [0, 0.1) is 5.82 Å². The van der Waals surface area contributed by atoms with E-state index in [2.05, 4.69) is 14.9 Å². The van der Waals surface area contributed by atoms with Crippen LogP contribution in [0.4, 0.5) is 10.1 Å². The molecule has 0 spiro atoms. The maximum atomic E-state index is 13.1. The molecule has 2 N–H and O–H groups in total. The van der Waals surface area contributed by atoms with Crippen molar-refractivity contribution in [2.24, 2.45) is 0 Å². The number of quaternary nitrogens is 1. The maximum absolute atomic E-state index is 13.1. The van der Waals surface area contributed by atoms with Gasteiger partial charge >= 0.3 is 0 Å². The highest BCUT2D eigenvalue weighted by Gasteiger charge is 2.22. The zero-order valence-electron chi connectivity index (χ0n) is 15.2. The van der Waals surface area contributed by atoms with Crippen molar-refractivity contribution >= 4 is 27.8 Å². The molecule has 4 aromatic rings. The van der Waals surface area contributed by atoms with Crippen molar-refractivity contribution in [3.05, 3.63) is 70.5 Å². The molecule has 1 saturated heterocycles. The van der Waals surface area contributed by atoms with Crippen LogP contribution in [-0.2, 0) is 6.54 Å². The number of aromatic amines is 1.